The van der Waals surface area contributed by atoms with Crippen LogP contribution in [0.25, 0.3) is 0 Å². The van der Waals surface area contributed by atoms with Crippen LogP contribution in [0.1, 0.15) is 43.4 Å². The highest BCUT2D eigenvalue weighted by molar-refractivity contribution is 7.10. The van der Waals surface area contributed by atoms with E-state index in [1.54, 1.807) is 6.26 Å². The van der Waals surface area contributed by atoms with E-state index < -0.39 is 0 Å². The number of hydrogen-bond acceptors (Lipinski definition) is 3. The molecular formula is C15H21NOS. The summed E-state index contributed by atoms with van der Waals surface area (Å²) < 4.78 is 5.36. The van der Waals surface area contributed by atoms with Crippen LogP contribution >= 0.6 is 11.3 Å². The van der Waals surface area contributed by atoms with Gasteiger partial charge in [-0.25, -0.2) is 0 Å². The Balaban J connectivity index is 1.80. The summed E-state index contributed by atoms with van der Waals surface area (Å²) in [6.07, 6.45) is 4.98. The van der Waals surface area contributed by atoms with Crippen LogP contribution in [0.2, 0.25) is 0 Å². The van der Waals surface area contributed by atoms with Crippen molar-refractivity contribution in [1.82, 2.24) is 5.32 Å². The number of rotatable bonds is 7. The molecule has 2 rings (SSSR count). The maximum absolute atomic E-state index is 5.36. The van der Waals surface area contributed by atoms with Gasteiger partial charge in [-0.05, 0) is 43.3 Å². The Bertz CT molecular complexity index is 421. The van der Waals surface area contributed by atoms with Crippen molar-refractivity contribution in [2.45, 2.75) is 45.2 Å². The molecule has 0 aliphatic heterocycles. The van der Waals surface area contributed by atoms with E-state index in [1.807, 2.05) is 23.5 Å². The standard InChI is InChI=1S/C15H21NOS/c1-3-14(15-7-5-11-18-15)16-12(2)8-9-13-6-4-10-17-13/h4-7,10-12,14,16H,3,8-9H2,1-2H3. The van der Waals surface area contributed by atoms with Gasteiger partial charge in [-0.2, -0.15) is 0 Å². The molecule has 2 unspecified atom stereocenters. The molecule has 2 aromatic rings. The molecule has 3 heteroatoms. The third kappa shape index (κ3) is 3.72. The Morgan fingerprint density at radius 2 is 2.22 bits per heavy atom. The summed E-state index contributed by atoms with van der Waals surface area (Å²) in [7, 11) is 0. The van der Waals surface area contributed by atoms with Crippen LogP contribution in [0.3, 0.4) is 0 Å². The van der Waals surface area contributed by atoms with Crippen LogP contribution < -0.4 is 5.32 Å². The van der Waals surface area contributed by atoms with Crippen molar-refractivity contribution < 1.29 is 4.42 Å². The smallest absolute Gasteiger partial charge is 0.103 e. The van der Waals surface area contributed by atoms with E-state index >= 15 is 0 Å². The van der Waals surface area contributed by atoms with Crippen LogP contribution in [-0.4, -0.2) is 6.04 Å². The Labute approximate surface area is 113 Å². The van der Waals surface area contributed by atoms with Gasteiger partial charge in [0.25, 0.3) is 0 Å². The van der Waals surface area contributed by atoms with Gasteiger partial charge in [0.05, 0.1) is 6.26 Å². The number of furan rings is 1. The average molecular weight is 263 g/mol. The van der Waals surface area contributed by atoms with Gasteiger partial charge in [0.2, 0.25) is 0 Å². The maximum atomic E-state index is 5.36. The summed E-state index contributed by atoms with van der Waals surface area (Å²) in [5, 5.41) is 5.85. The SMILES string of the molecule is CCC(NC(C)CCc1ccco1)c1cccs1. The van der Waals surface area contributed by atoms with Crippen molar-refractivity contribution >= 4 is 11.3 Å². The first-order valence-corrected chi connectivity index (χ1v) is 7.49. The largest absolute Gasteiger partial charge is 0.469 e. The Morgan fingerprint density at radius 3 is 2.83 bits per heavy atom. The summed E-state index contributed by atoms with van der Waals surface area (Å²) in [5.41, 5.74) is 0. The number of thiophene rings is 1. The molecule has 0 saturated heterocycles. The lowest BCUT2D eigenvalue weighted by Crippen LogP contribution is -2.30. The third-order valence-electron chi connectivity index (χ3n) is 3.18. The van der Waals surface area contributed by atoms with Crippen molar-refractivity contribution in [3.63, 3.8) is 0 Å². The lowest BCUT2D eigenvalue weighted by atomic mass is 10.1. The minimum Gasteiger partial charge on any atom is -0.469 e. The highest BCUT2D eigenvalue weighted by atomic mass is 32.1. The van der Waals surface area contributed by atoms with E-state index in [4.69, 9.17) is 4.42 Å². The van der Waals surface area contributed by atoms with Crippen molar-refractivity contribution in [2.75, 3.05) is 0 Å². The van der Waals surface area contributed by atoms with Gasteiger partial charge in [0.15, 0.2) is 0 Å². The number of nitrogens with one attached hydrogen (secondary N) is 1. The van der Waals surface area contributed by atoms with Gasteiger partial charge < -0.3 is 9.73 Å². The van der Waals surface area contributed by atoms with Gasteiger partial charge >= 0.3 is 0 Å². The van der Waals surface area contributed by atoms with Crippen LogP contribution in [-0.2, 0) is 6.42 Å². The summed E-state index contributed by atoms with van der Waals surface area (Å²) in [5.74, 6) is 1.08. The van der Waals surface area contributed by atoms with E-state index in [0.29, 0.717) is 12.1 Å². The third-order valence-corrected chi connectivity index (χ3v) is 4.17. The van der Waals surface area contributed by atoms with Gasteiger partial charge in [-0.15, -0.1) is 11.3 Å². The molecule has 0 fully saturated rings. The topological polar surface area (TPSA) is 25.2 Å². The minimum absolute atomic E-state index is 0.483. The van der Waals surface area contributed by atoms with E-state index in [0.717, 1.165) is 25.0 Å². The molecule has 2 atom stereocenters. The zero-order chi connectivity index (χ0) is 12.8. The van der Waals surface area contributed by atoms with Crippen LogP contribution in [0, 0.1) is 0 Å². The summed E-state index contributed by atoms with van der Waals surface area (Å²) >= 11 is 1.83. The van der Waals surface area contributed by atoms with Crippen molar-refractivity contribution in [2.24, 2.45) is 0 Å². The van der Waals surface area contributed by atoms with Crippen molar-refractivity contribution in [3.8, 4) is 0 Å². The molecule has 0 bridgehead atoms. The zero-order valence-electron chi connectivity index (χ0n) is 11.1. The lowest BCUT2D eigenvalue weighted by Gasteiger charge is -2.21. The van der Waals surface area contributed by atoms with Gasteiger partial charge in [0, 0.05) is 23.4 Å². The first-order valence-electron chi connectivity index (χ1n) is 6.61. The fourth-order valence-electron chi connectivity index (χ4n) is 2.13. The molecular weight excluding hydrogens is 242 g/mol. The maximum Gasteiger partial charge on any atom is 0.103 e. The molecule has 0 radical (unpaired) electrons. The Morgan fingerprint density at radius 1 is 1.33 bits per heavy atom. The quantitative estimate of drug-likeness (QED) is 0.800. The predicted octanol–water partition coefficient (Wildman–Crippen LogP) is 4.40. The second kappa shape index (κ2) is 6.76. The molecule has 0 aromatic carbocycles. The normalized spacial score (nSPS) is 14.6. The molecule has 1 N–H and O–H groups in total. The van der Waals surface area contributed by atoms with Crippen LogP contribution in [0.5, 0.6) is 0 Å². The molecule has 18 heavy (non-hydrogen) atoms. The Kier molecular flexibility index (Phi) is 5.02. The molecule has 0 saturated carbocycles. The summed E-state index contributed by atoms with van der Waals surface area (Å²) in [6, 6.07) is 9.32. The molecule has 2 aromatic heterocycles. The molecule has 0 spiro atoms. The molecule has 98 valence electrons. The highest BCUT2D eigenvalue weighted by Gasteiger charge is 2.13. The average Bonchev–Trinajstić information content (AvgIpc) is 3.05. The fraction of sp³-hybridized carbons (Fsp3) is 0.467. The predicted molar refractivity (Wildman–Crippen MR) is 77.0 cm³/mol. The van der Waals surface area contributed by atoms with E-state index in [-0.39, 0.29) is 0 Å². The molecule has 2 nitrogen and oxygen atoms in total. The van der Waals surface area contributed by atoms with E-state index in [9.17, 15) is 0 Å². The second-order valence-electron chi connectivity index (χ2n) is 4.66. The molecule has 0 aliphatic rings. The second-order valence-corrected chi connectivity index (χ2v) is 5.64. The fourth-order valence-corrected chi connectivity index (χ4v) is 3.00. The van der Waals surface area contributed by atoms with Crippen LogP contribution in [0.15, 0.2) is 40.3 Å². The molecule has 0 amide bonds. The monoisotopic (exact) mass is 263 g/mol. The summed E-state index contributed by atoms with van der Waals surface area (Å²) in [4.78, 5) is 1.43. The summed E-state index contributed by atoms with van der Waals surface area (Å²) in [6.45, 7) is 4.48. The number of hydrogen-bond donors (Lipinski definition) is 1. The molecule has 0 aliphatic carbocycles. The first kappa shape index (κ1) is 13.4. The highest BCUT2D eigenvalue weighted by Crippen LogP contribution is 2.22. The number of aryl methyl sites for hydroxylation is 1. The van der Waals surface area contributed by atoms with E-state index in [1.165, 1.54) is 4.88 Å². The molecule has 2 heterocycles. The van der Waals surface area contributed by atoms with Gasteiger partial charge in [0.1, 0.15) is 5.76 Å². The van der Waals surface area contributed by atoms with Gasteiger partial charge in [-0.1, -0.05) is 13.0 Å². The minimum atomic E-state index is 0.483. The van der Waals surface area contributed by atoms with Crippen molar-refractivity contribution in [3.05, 3.63) is 46.5 Å². The van der Waals surface area contributed by atoms with Crippen LogP contribution in [0.4, 0.5) is 0 Å². The zero-order valence-corrected chi connectivity index (χ0v) is 11.9. The van der Waals surface area contributed by atoms with Gasteiger partial charge in [-0.3, -0.25) is 0 Å². The van der Waals surface area contributed by atoms with Crippen molar-refractivity contribution in [1.29, 1.82) is 0 Å². The lowest BCUT2D eigenvalue weighted by molar-refractivity contribution is 0.414. The van der Waals surface area contributed by atoms with E-state index in [2.05, 4.69) is 36.7 Å². The first-order chi connectivity index (χ1) is 8.79. The Hall–Kier alpha value is -1.06.